The third-order valence-electron chi connectivity index (χ3n) is 7.60. The van der Waals surface area contributed by atoms with Crippen molar-refractivity contribution >= 4 is 39.0 Å². The molecule has 3 aromatic rings. The second-order valence-electron chi connectivity index (χ2n) is 10.7. The highest BCUT2D eigenvalue weighted by Gasteiger charge is 2.52. The first-order chi connectivity index (χ1) is 20.7. The number of hydrogen-bond donors (Lipinski definition) is 1. The van der Waals surface area contributed by atoms with Crippen LogP contribution in [0.3, 0.4) is 0 Å². The molecule has 3 amide bonds. The quantitative estimate of drug-likeness (QED) is 0.362. The van der Waals surface area contributed by atoms with Gasteiger partial charge in [0.2, 0.25) is 10.0 Å². The van der Waals surface area contributed by atoms with Crippen LogP contribution < -0.4 is 10.2 Å². The molecule has 10 nitrogen and oxygen atoms in total. The van der Waals surface area contributed by atoms with Crippen molar-refractivity contribution in [3.8, 4) is 6.07 Å². The van der Waals surface area contributed by atoms with Gasteiger partial charge in [-0.15, -0.1) is 0 Å². The van der Waals surface area contributed by atoms with E-state index in [1.807, 2.05) is 0 Å². The van der Waals surface area contributed by atoms with E-state index in [1.54, 1.807) is 36.4 Å². The molecule has 0 atom stereocenters. The lowest BCUT2D eigenvalue weighted by atomic mass is 10.0. The molecule has 230 valence electrons. The van der Waals surface area contributed by atoms with E-state index in [0.29, 0.717) is 41.1 Å². The number of alkyl halides is 3. The number of nitrogens with one attached hydrogen (secondary N) is 1. The SMILES string of the molecule is CC1(C)C(=O)N(c2ccc(C#N)c(C(F)(F)F)c2)C(=O)N1Cc1ccccc1Nc1ccc(S(=O)(=O)N2CCOCC2)cc1. The average molecular weight is 628 g/mol. The van der Waals surface area contributed by atoms with Crippen LogP contribution in [0.2, 0.25) is 0 Å². The summed E-state index contributed by atoms with van der Waals surface area (Å²) in [5.74, 6) is -0.720. The van der Waals surface area contributed by atoms with Gasteiger partial charge in [0.15, 0.2) is 0 Å². The summed E-state index contributed by atoms with van der Waals surface area (Å²) in [6, 6.07) is 16.6. The number of hydrogen-bond acceptors (Lipinski definition) is 7. The van der Waals surface area contributed by atoms with Gasteiger partial charge in [0, 0.05) is 24.5 Å². The van der Waals surface area contributed by atoms with E-state index in [4.69, 9.17) is 10.00 Å². The highest BCUT2D eigenvalue weighted by molar-refractivity contribution is 7.89. The van der Waals surface area contributed by atoms with Crippen molar-refractivity contribution in [2.45, 2.75) is 37.0 Å². The maximum Gasteiger partial charge on any atom is 0.417 e. The molecule has 0 saturated carbocycles. The van der Waals surface area contributed by atoms with Crippen LogP contribution in [-0.2, 0) is 32.3 Å². The van der Waals surface area contributed by atoms with Crippen LogP contribution in [0.15, 0.2) is 71.6 Å². The van der Waals surface area contributed by atoms with Crippen LogP contribution in [0, 0.1) is 11.3 Å². The van der Waals surface area contributed by atoms with E-state index in [1.165, 1.54) is 41.3 Å². The number of benzene rings is 3. The maximum atomic E-state index is 13.6. The van der Waals surface area contributed by atoms with E-state index in [0.717, 1.165) is 12.1 Å². The number of para-hydroxylation sites is 1. The number of rotatable bonds is 7. The molecule has 0 unspecified atom stereocenters. The molecule has 0 aliphatic carbocycles. The normalized spacial score (nSPS) is 17.5. The minimum absolute atomic E-state index is 0.0663. The van der Waals surface area contributed by atoms with E-state index < -0.39 is 44.8 Å². The Labute approximate surface area is 252 Å². The topological polar surface area (TPSA) is 123 Å². The van der Waals surface area contributed by atoms with Gasteiger partial charge in [-0.2, -0.15) is 22.7 Å². The highest BCUT2D eigenvalue weighted by Crippen LogP contribution is 2.39. The fraction of sp³-hybridized carbons (Fsp3) is 0.300. The number of nitriles is 1. The summed E-state index contributed by atoms with van der Waals surface area (Å²) >= 11 is 0. The zero-order valence-corrected chi connectivity index (χ0v) is 24.6. The fourth-order valence-corrected chi connectivity index (χ4v) is 6.49. The van der Waals surface area contributed by atoms with Gasteiger partial charge in [0.1, 0.15) is 5.54 Å². The monoisotopic (exact) mass is 627 g/mol. The van der Waals surface area contributed by atoms with Crippen LogP contribution in [0.25, 0.3) is 0 Å². The zero-order valence-electron chi connectivity index (χ0n) is 23.8. The third kappa shape index (κ3) is 5.73. The Morgan fingerprint density at radius 2 is 1.66 bits per heavy atom. The lowest BCUT2D eigenvalue weighted by Crippen LogP contribution is -2.43. The van der Waals surface area contributed by atoms with Gasteiger partial charge in [0.05, 0.1) is 47.5 Å². The van der Waals surface area contributed by atoms with E-state index in [9.17, 15) is 31.2 Å². The number of carbonyl (C=O) groups excluding carboxylic acids is 2. The van der Waals surface area contributed by atoms with Gasteiger partial charge in [-0.1, -0.05) is 18.2 Å². The van der Waals surface area contributed by atoms with Gasteiger partial charge in [-0.25, -0.2) is 18.1 Å². The van der Waals surface area contributed by atoms with Crippen molar-refractivity contribution < 1.29 is 35.9 Å². The van der Waals surface area contributed by atoms with Crippen LogP contribution in [0.5, 0.6) is 0 Å². The molecule has 2 aliphatic heterocycles. The summed E-state index contributed by atoms with van der Waals surface area (Å²) in [7, 11) is -3.68. The molecule has 2 fully saturated rings. The molecule has 0 bridgehead atoms. The largest absolute Gasteiger partial charge is 0.417 e. The van der Waals surface area contributed by atoms with E-state index in [2.05, 4.69) is 5.32 Å². The second-order valence-corrected chi connectivity index (χ2v) is 12.7. The second kappa shape index (κ2) is 11.6. The first kappa shape index (κ1) is 31.0. The molecule has 2 heterocycles. The molecule has 2 aliphatic rings. The predicted molar refractivity (Wildman–Crippen MR) is 154 cm³/mol. The smallest absolute Gasteiger partial charge is 0.379 e. The van der Waals surface area contributed by atoms with Crippen molar-refractivity contribution in [3.05, 3.63) is 83.4 Å². The molecule has 1 N–H and O–H groups in total. The number of ether oxygens (including phenoxy) is 1. The first-order valence-electron chi connectivity index (χ1n) is 13.6. The average Bonchev–Trinajstić information content (AvgIpc) is 3.16. The van der Waals surface area contributed by atoms with Crippen molar-refractivity contribution in [3.63, 3.8) is 0 Å². The van der Waals surface area contributed by atoms with Gasteiger partial charge in [-0.05, 0) is 67.9 Å². The van der Waals surface area contributed by atoms with Crippen LogP contribution >= 0.6 is 0 Å². The summed E-state index contributed by atoms with van der Waals surface area (Å²) in [6.07, 6.45) is -4.86. The lowest BCUT2D eigenvalue weighted by Gasteiger charge is -2.28. The third-order valence-corrected chi connectivity index (χ3v) is 9.51. The number of imide groups is 1. The number of anilines is 3. The number of morpholine rings is 1. The molecule has 3 aromatic carbocycles. The Kier molecular flexibility index (Phi) is 8.15. The molecule has 0 aromatic heterocycles. The minimum atomic E-state index is -4.86. The number of nitrogens with zero attached hydrogens (tertiary/aromatic N) is 4. The van der Waals surface area contributed by atoms with Gasteiger partial charge < -0.3 is 15.0 Å². The Morgan fingerprint density at radius 1 is 1.00 bits per heavy atom. The number of carbonyl (C=O) groups is 2. The standard InChI is InChI=1S/C30H28F3N5O5S/c1-29(2)27(39)38(23-10-7-20(18-34)25(17-23)30(31,32)33)28(40)37(29)19-21-5-3-4-6-26(21)35-22-8-11-24(12-9-22)44(41,42)36-13-15-43-16-14-36/h3-12,17,35H,13-16,19H2,1-2H3. The summed E-state index contributed by atoms with van der Waals surface area (Å²) < 4.78 is 73.4. The van der Waals surface area contributed by atoms with Crippen LogP contribution in [-0.4, -0.2) is 61.4 Å². The predicted octanol–water partition coefficient (Wildman–Crippen LogP) is 5.09. The maximum absolute atomic E-state index is 13.6. The fourth-order valence-electron chi connectivity index (χ4n) is 5.08. The zero-order chi connectivity index (χ0) is 31.9. The van der Waals surface area contributed by atoms with Gasteiger partial charge in [-0.3, -0.25) is 4.79 Å². The Hall–Kier alpha value is -4.45. The number of urea groups is 1. The van der Waals surface area contributed by atoms with Crippen molar-refractivity contribution in [2.75, 3.05) is 36.5 Å². The van der Waals surface area contributed by atoms with Crippen LogP contribution in [0.4, 0.5) is 35.0 Å². The Bertz CT molecular complexity index is 1750. The van der Waals surface area contributed by atoms with Crippen molar-refractivity contribution in [1.29, 1.82) is 5.26 Å². The molecular weight excluding hydrogens is 599 g/mol. The number of amides is 3. The van der Waals surface area contributed by atoms with Crippen molar-refractivity contribution in [2.24, 2.45) is 0 Å². The van der Waals surface area contributed by atoms with Crippen molar-refractivity contribution in [1.82, 2.24) is 9.21 Å². The molecule has 5 rings (SSSR count). The molecular formula is C30H28F3N5O5S. The van der Waals surface area contributed by atoms with Crippen LogP contribution in [0.1, 0.15) is 30.5 Å². The molecule has 14 heteroatoms. The molecule has 0 radical (unpaired) electrons. The van der Waals surface area contributed by atoms with E-state index >= 15 is 0 Å². The first-order valence-corrected chi connectivity index (χ1v) is 15.0. The minimum Gasteiger partial charge on any atom is -0.379 e. The Balaban J connectivity index is 1.39. The summed E-state index contributed by atoms with van der Waals surface area (Å²) in [5.41, 5.74) is -1.82. The molecule has 2 saturated heterocycles. The molecule has 0 spiro atoms. The summed E-state index contributed by atoms with van der Waals surface area (Å²) in [6.45, 7) is 4.15. The van der Waals surface area contributed by atoms with E-state index in [-0.39, 0.29) is 30.2 Å². The molecule has 44 heavy (non-hydrogen) atoms. The highest BCUT2D eigenvalue weighted by atomic mass is 32.2. The summed E-state index contributed by atoms with van der Waals surface area (Å²) in [5, 5.41) is 12.3. The lowest BCUT2D eigenvalue weighted by molar-refractivity contribution is -0.137. The summed E-state index contributed by atoms with van der Waals surface area (Å²) in [4.78, 5) is 29.1. The number of sulfonamides is 1. The number of halogens is 3. The Morgan fingerprint density at radius 3 is 2.30 bits per heavy atom. The van der Waals surface area contributed by atoms with Gasteiger partial charge in [0.25, 0.3) is 5.91 Å². The van der Waals surface area contributed by atoms with Gasteiger partial charge >= 0.3 is 12.2 Å².